The van der Waals surface area contributed by atoms with Gasteiger partial charge >= 0.3 is 0 Å². The van der Waals surface area contributed by atoms with Gasteiger partial charge in [-0.05, 0) is 37.8 Å². The van der Waals surface area contributed by atoms with Crippen LogP contribution >= 0.6 is 0 Å². The number of nitrogens with zero attached hydrogens (tertiary/aromatic N) is 2. The summed E-state index contributed by atoms with van der Waals surface area (Å²) in [5.41, 5.74) is 2.72. The number of nitriles is 1. The number of aromatic amines is 1. The molecule has 1 aliphatic heterocycles. The Morgan fingerprint density at radius 1 is 1.33 bits per heavy atom. The third kappa shape index (κ3) is 4.80. The third-order valence-electron chi connectivity index (χ3n) is 4.03. The molecule has 126 valence electrons. The van der Waals surface area contributed by atoms with E-state index in [1.54, 1.807) is 0 Å². The maximum absolute atomic E-state index is 9.51. The monoisotopic (exact) mass is 321 g/mol. The average Bonchev–Trinajstić information content (AvgIpc) is 3.02. The van der Waals surface area contributed by atoms with Gasteiger partial charge in [0, 0.05) is 30.3 Å². The molecule has 3 nitrogen and oxygen atoms in total. The lowest BCUT2D eigenvalue weighted by Crippen LogP contribution is -2.30. The van der Waals surface area contributed by atoms with Gasteiger partial charge in [-0.15, -0.1) is 0 Å². The Labute approximate surface area is 146 Å². The van der Waals surface area contributed by atoms with E-state index in [-0.39, 0.29) is 0 Å². The summed E-state index contributed by atoms with van der Waals surface area (Å²) < 4.78 is 0. The average molecular weight is 321 g/mol. The van der Waals surface area contributed by atoms with Crippen LogP contribution in [0.3, 0.4) is 0 Å². The van der Waals surface area contributed by atoms with Gasteiger partial charge in [-0.3, -0.25) is 0 Å². The highest BCUT2D eigenvalue weighted by molar-refractivity contribution is 5.77. The Hall–Kier alpha value is -2.39. The number of hydrogen-bond donors (Lipinski definition) is 1. The molecule has 1 fully saturated rings. The van der Waals surface area contributed by atoms with Crippen LogP contribution in [-0.2, 0) is 0 Å². The molecule has 1 aliphatic rings. The summed E-state index contributed by atoms with van der Waals surface area (Å²) in [6, 6.07) is 4.29. The third-order valence-corrected chi connectivity index (χ3v) is 4.03. The second-order valence-electron chi connectivity index (χ2n) is 6.46. The minimum absolute atomic E-state index is 0.347. The second kappa shape index (κ2) is 9.04. The molecule has 0 saturated carbocycles. The number of allylic oxidation sites excluding steroid dienone is 4. The second-order valence-corrected chi connectivity index (χ2v) is 6.46. The van der Waals surface area contributed by atoms with E-state index in [1.165, 1.54) is 19.3 Å². The highest BCUT2D eigenvalue weighted by Crippen LogP contribution is 2.27. The summed E-state index contributed by atoms with van der Waals surface area (Å²) in [5, 5.41) is 9.51. The van der Waals surface area contributed by atoms with Gasteiger partial charge in [0.05, 0.1) is 5.56 Å². The van der Waals surface area contributed by atoms with Gasteiger partial charge in [0.25, 0.3) is 0 Å². The lowest BCUT2D eigenvalue weighted by atomic mass is 10.1. The fourth-order valence-corrected chi connectivity index (χ4v) is 2.80. The van der Waals surface area contributed by atoms with Crippen molar-refractivity contribution in [1.29, 1.82) is 5.26 Å². The predicted octanol–water partition coefficient (Wildman–Crippen LogP) is 4.89. The molecule has 0 amide bonds. The summed E-state index contributed by atoms with van der Waals surface area (Å²) in [6.07, 6.45) is 10.8. The first-order valence-corrected chi connectivity index (χ1v) is 8.92. The summed E-state index contributed by atoms with van der Waals surface area (Å²) >= 11 is 0. The molecular weight excluding hydrogens is 294 g/mol. The fraction of sp³-hybridized carbons (Fsp3) is 0.476. The summed E-state index contributed by atoms with van der Waals surface area (Å²) in [6.45, 7) is 8.32. The first kappa shape index (κ1) is 18.0. The lowest BCUT2D eigenvalue weighted by molar-refractivity contribution is 0.574. The Morgan fingerprint density at radius 2 is 2.08 bits per heavy atom. The Kier molecular flexibility index (Phi) is 6.76. The molecule has 24 heavy (non-hydrogen) atoms. The van der Waals surface area contributed by atoms with E-state index in [1.807, 2.05) is 12.1 Å². The van der Waals surface area contributed by atoms with E-state index < -0.39 is 0 Å². The molecule has 1 N–H and O–H groups in total. The van der Waals surface area contributed by atoms with Crippen molar-refractivity contribution in [3.63, 3.8) is 0 Å². The van der Waals surface area contributed by atoms with Gasteiger partial charge < -0.3 is 9.88 Å². The van der Waals surface area contributed by atoms with Gasteiger partial charge in [-0.25, -0.2) is 0 Å². The van der Waals surface area contributed by atoms with Crippen LogP contribution in [0.25, 0.3) is 5.57 Å². The van der Waals surface area contributed by atoms with Crippen LogP contribution < -0.4 is 4.90 Å². The molecule has 1 aromatic rings. The lowest BCUT2D eigenvalue weighted by Gasteiger charge is -2.27. The van der Waals surface area contributed by atoms with E-state index in [2.05, 4.69) is 60.7 Å². The van der Waals surface area contributed by atoms with Gasteiger partial charge in [0.2, 0.25) is 0 Å². The SMILES string of the molecule is CC/C=C\C(=C/C#CC(C)C)c1cc(C#N)c(N2CCCCC2)[nH]1. The van der Waals surface area contributed by atoms with Gasteiger partial charge in [-0.1, -0.05) is 44.8 Å². The minimum atomic E-state index is 0.347. The molecular formula is C21H27N3. The quantitative estimate of drug-likeness (QED) is 0.634. The number of nitrogens with one attached hydrogen (secondary N) is 1. The highest BCUT2D eigenvalue weighted by Gasteiger charge is 2.18. The first-order valence-electron chi connectivity index (χ1n) is 8.92. The largest absolute Gasteiger partial charge is 0.357 e. The number of hydrogen-bond acceptors (Lipinski definition) is 2. The molecule has 0 aromatic carbocycles. The van der Waals surface area contributed by atoms with E-state index >= 15 is 0 Å². The van der Waals surface area contributed by atoms with Crippen molar-refractivity contribution in [3.05, 3.63) is 35.6 Å². The number of H-pyrrole nitrogens is 1. The number of rotatable bonds is 4. The standard InChI is InChI=1S/C21H27N3/c1-4-5-11-18(12-9-10-17(2)3)20-15-19(16-22)21(23-20)24-13-7-6-8-14-24/h5,11-12,15,17,23H,4,6-8,13-14H2,1-3H3/b11-5-,18-12+. The van der Waals surface area contributed by atoms with Gasteiger partial charge in [0.15, 0.2) is 0 Å². The topological polar surface area (TPSA) is 42.8 Å². The van der Waals surface area contributed by atoms with Crippen LogP contribution in [0.15, 0.2) is 24.3 Å². The molecule has 1 saturated heterocycles. The summed E-state index contributed by atoms with van der Waals surface area (Å²) in [5.74, 6) is 7.62. The van der Waals surface area contributed by atoms with Crippen LogP contribution in [-0.4, -0.2) is 18.1 Å². The Bertz CT molecular complexity index is 696. The molecule has 0 unspecified atom stereocenters. The van der Waals surface area contributed by atoms with Gasteiger partial charge in [-0.2, -0.15) is 5.26 Å². The van der Waals surface area contributed by atoms with Crippen molar-refractivity contribution < 1.29 is 0 Å². The maximum Gasteiger partial charge on any atom is 0.124 e. The molecule has 3 heteroatoms. The van der Waals surface area contributed by atoms with E-state index in [4.69, 9.17) is 0 Å². The van der Waals surface area contributed by atoms with Crippen molar-refractivity contribution in [1.82, 2.24) is 4.98 Å². The van der Waals surface area contributed by atoms with Crippen LogP contribution in [0.5, 0.6) is 0 Å². The molecule has 0 atom stereocenters. The maximum atomic E-state index is 9.51. The normalized spacial score (nSPS) is 15.5. The zero-order valence-corrected chi connectivity index (χ0v) is 15.0. The molecule has 0 spiro atoms. The van der Waals surface area contributed by atoms with Crippen molar-refractivity contribution in [2.24, 2.45) is 5.92 Å². The highest BCUT2D eigenvalue weighted by atomic mass is 15.2. The molecule has 0 bridgehead atoms. The van der Waals surface area contributed by atoms with Crippen molar-refractivity contribution in [2.45, 2.75) is 46.5 Å². The first-order chi connectivity index (χ1) is 11.7. The molecule has 2 heterocycles. The van der Waals surface area contributed by atoms with Crippen LogP contribution in [0.2, 0.25) is 0 Å². The van der Waals surface area contributed by atoms with Crippen LogP contribution in [0.4, 0.5) is 5.82 Å². The fourth-order valence-electron chi connectivity index (χ4n) is 2.80. The molecule has 1 aromatic heterocycles. The zero-order valence-electron chi connectivity index (χ0n) is 15.0. The van der Waals surface area contributed by atoms with Crippen molar-refractivity contribution in [3.8, 4) is 17.9 Å². The van der Waals surface area contributed by atoms with Crippen molar-refractivity contribution in [2.75, 3.05) is 18.0 Å². The Balaban J connectivity index is 2.36. The summed E-state index contributed by atoms with van der Waals surface area (Å²) in [4.78, 5) is 5.76. The van der Waals surface area contributed by atoms with Crippen LogP contribution in [0.1, 0.15) is 57.7 Å². The number of aromatic nitrogens is 1. The van der Waals surface area contributed by atoms with E-state index in [0.717, 1.165) is 42.2 Å². The van der Waals surface area contributed by atoms with E-state index in [0.29, 0.717) is 5.92 Å². The smallest absolute Gasteiger partial charge is 0.124 e. The predicted molar refractivity (Wildman–Crippen MR) is 102 cm³/mol. The van der Waals surface area contributed by atoms with E-state index in [9.17, 15) is 5.26 Å². The summed E-state index contributed by atoms with van der Waals surface area (Å²) in [7, 11) is 0. The number of anilines is 1. The molecule has 0 aliphatic carbocycles. The van der Waals surface area contributed by atoms with Crippen molar-refractivity contribution >= 4 is 11.4 Å². The van der Waals surface area contributed by atoms with Gasteiger partial charge in [0.1, 0.15) is 11.9 Å². The van der Waals surface area contributed by atoms with Crippen LogP contribution in [0, 0.1) is 29.1 Å². The number of piperidine rings is 1. The zero-order chi connectivity index (χ0) is 17.4. The molecule has 2 rings (SSSR count). The molecule has 0 radical (unpaired) electrons. The Morgan fingerprint density at radius 3 is 2.71 bits per heavy atom. The minimum Gasteiger partial charge on any atom is -0.357 e.